The predicted molar refractivity (Wildman–Crippen MR) is 167 cm³/mol. The number of fused-ring (bicyclic) bond motifs is 1. The molecule has 3 aromatic carbocycles. The predicted octanol–water partition coefficient (Wildman–Crippen LogP) is 4.76. The Labute approximate surface area is 250 Å². The lowest BCUT2D eigenvalue weighted by Gasteiger charge is -2.28. The van der Waals surface area contributed by atoms with E-state index in [1.165, 1.54) is 10.6 Å². The third-order valence-corrected chi connectivity index (χ3v) is 7.46. The molecule has 0 aliphatic carbocycles. The summed E-state index contributed by atoms with van der Waals surface area (Å²) in [6, 6.07) is 21.8. The highest BCUT2D eigenvalue weighted by molar-refractivity contribution is 5.83. The fraction of sp³-hybridized carbons (Fsp3) is 0.364. The van der Waals surface area contributed by atoms with E-state index in [0.717, 1.165) is 15.8 Å². The second kappa shape index (κ2) is 12.3. The van der Waals surface area contributed by atoms with Gasteiger partial charge in [0.05, 0.1) is 35.7 Å². The largest absolute Gasteiger partial charge is 0.444 e. The van der Waals surface area contributed by atoms with Gasteiger partial charge in [0.2, 0.25) is 0 Å². The molecule has 10 heteroatoms. The molecule has 0 spiro atoms. The normalized spacial score (nSPS) is 15.1. The number of ether oxygens (including phenoxy) is 1. The summed E-state index contributed by atoms with van der Waals surface area (Å²) < 4.78 is 23.7. The van der Waals surface area contributed by atoms with E-state index in [4.69, 9.17) is 4.74 Å². The summed E-state index contributed by atoms with van der Waals surface area (Å²) in [5.74, 6) is -0.562. The number of nitrogens with one attached hydrogen (secondary N) is 1. The van der Waals surface area contributed by atoms with Crippen molar-refractivity contribution in [1.82, 2.24) is 14.6 Å². The first-order valence-electron chi connectivity index (χ1n) is 14.6. The van der Waals surface area contributed by atoms with E-state index < -0.39 is 28.8 Å². The average Bonchev–Trinajstić information content (AvgIpc) is 3.41. The highest BCUT2D eigenvalue weighted by atomic mass is 19.1. The van der Waals surface area contributed by atoms with Gasteiger partial charge in [0, 0.05) is 19.6 Å². The van der Waals surface area contributed by atoms with Crippen molar-refractivity contribution in [3.8, 4) is 0 Å². The molecule has 1 atom stereocenters. The zero-order chi connectivity index (χ0) is 30.7. The lowest BCUT2D eigenvalue weighted by Crippen LogP contribution is -2.52. The number of hydrogen-bond acceptors (Lipinski definition) is 6. The number of amides is 1. The van der Waals surface area contributed by atoms with Crippen LogP contribution < -0.4 is 26.5 Å². The van der Waals surface area contributed by atoms with Gasteiger partial charge in [-0.15, -0.1) is 0 Å². The van der Waals surface area contributed by atoms with Gasteiger partial charge in [0.25, 0.3) is 5.56 Å². The SMILES string of the molecule is CCn1c(=O)n(N(Cc2ccccc2)Cc2ccccc2)c(=O)c2cc(F)c(N3CC[C@H](NC(=O)OC(C)(C)C)C3)cc21. The molecule has 2 heterocycles. The third kappa shape index (κ3) is 6.74. The van der Waals surface area contributed by atoms with Crippen molar-refractivity contribution in [3.63, 3.8) is 0 Å². The summed E-state index contributed by atoms with van der Waals surface area (Å²) in [6.45, 7) is 8.98. The molecular weight excluding hydrogens is 549 g/mol. The Hall–Kier alpha value is -4.60. The van der Waals surface area contributed by atoms with Crippen molar-refractivity contribution in [2.75, 3.05) is 23.0 Å². The molecule has 43 heavy (non-hydrogen) atoms. The number of aryl methyl sites for hydroxylation is 1. The van der Waals surface area contributed by atoms with Crippen LogP contribution in [0.15, 0.2) is 82.4 Å². The number of benzene rings is 3. The van der Waals surface area contributed by atoms with Crippen molar-refractivity contribution >= 4 is 22.7 Å². The molecule has 0 radical (unpaired) electrons. The summed E-state index contributed by atoms with van der Waals surface area (Å²) in [5.41, 5.74) is 0.818. The van der Waals surface area contributed by atoms with Gasteiger partial charge >= 0.3 is 11.8 Å². The van der Waals surface area contributed by atoms with Crippen molar-refractivity contribution in [3.05, 3.63) is 111 Å². The summed E-state index contributed by atoms with van der Waals surface area (Å²) in [5, 5.41) is 4.68. The highest BCUT2D eigenvalue weighted by Crippen LogP contribution is 2.28. The Morgan fingerprint density at radius 2 is 1.60 bits per heavy atom. The van der Waals surface area contributed by atoms with E-state index in [1.54, 1.807) is 31.8 Å². The second-order valence-corrected chi connectivity index (χ2v) is 11.8. The van der Waals surface area contributed by atoms with E-state index in [0.29, 0.717) is 38.1 Å². The minimum absolute atomic E-state index is 0.122. The molecule has 1 aromatic heterocycles. The van der Waals surface area contributed by atoms with Gasteiger partial charge in [-0.25, -0.2) is 14.0 Å². The minimum Gasteiger partial charge on any atom is -0.444 e. The number of carbonyl (C=O) groups excluding carboxylic acids is 1. The van der Waals surface area contributed by atoms with Crippen LogP contribution in [0.3, 0.4) is 0 Å². The fourth-order valence-electron chi connectivity index (χ4n) is 5.52. The van der Waals surface area contributed by atoms with Gasteiger partial charge in [0.1, 0.15) is 11.4 Å². The number of aromatic nitrogens is 2. The van der Waals surface area contributed by atoms with Gasteiger partial charge in [0.15, 0.2) is 0 Å². The summed E-state index contributed by atoms with van der Waals surface area (Å²) in [4.78, 5) is 42.0. The maximum atomic E-state index is 15.7. The molecule has 1 saturated heterocycles. The summed E-state index contributed by atoms with van der Waals surface area (Å²) >= 11 is 0. The molecule has 0 bridgehead atoms. The van der Waals surface area contributed by atoms with Crippen LogP contribution in [-0.4, -0.2) is 40.1 Å². The minimum atomic E-state index is -0.624. The standard InChI is InChI=1S/C33H38FN5O4/c1-5-38-28-19-29(36-17-16-25(22-36)35-31(41)43-33(2,3)4)27(34)18-26(28)30(40)39(32(38)42)37(20-23-12-8-6-9-13-23)21-24-14-10-7-11-15-24/h6-15,18-19,25H,5,16-17,20-22H2,1-4H3,(H,35,41)/t25-/m0/s1. The van der Waals surface area contributed by atoms with Gasteiger partial charge in [-0.2, -0.15) is 4.68 Å². The Bertz CT molecular complexity index is 1670. The molecule has 4 aromatic rings. The lowest BCUT2D eigenvalue weighted by molar-refractivity contribution is 0.0509. The monoisotopic (exact) mass is 587 g/mol. The molecule has 5 rings (SSSR count). The summed E-state index contributed by atoms with van der Waals surface area (Å²) in [6.07, 6.45) is 0.0848. The number of halogens is 1. The molecule has 1 aliphatic heterocycles. The van der Waals surface area contributed by atoms with Gasteiger partial charge < -0.3 is 15.0 Å². The smallest absolute Gasteiger partial charge is 0.407 e. The van der Waals surface area contributed by atoms with Crippen molar-refractivity contribution in [1.29, 1.82) is 0 Å². The number of rotatable bonds is 8. The van der Waals surface area contributed by atoms with E-state index in [9.17, 15) is 14.4 Å². The first-order valence-corrected chi connectivity index (χ1v) is 14.6. The van der Waals surface area contributed by atoms with Crippen LogP contribution in [0.25, 0.3) is 10.9 Å². The average molecular weight is 588 g/mol. The number of alkyl carbamates (subject to hydrolysis) is 1. The molecule has 226 valence electrons. The number of nitrogens with zero attached hydrogens (tertiary/aromatic N) is 4. The molecule has 0 unspecified atom stereocenters. The first kappa shape index (κ1) is 29.9. The van der Waals surface area contributed by atoms with Crippen molar-refractivity contribution in [2.45, 2.75) is 65.4 Å². The zero-order valence-corrected chi connectivity index (χ0v) is 25.0. The fourth-order valence-corrected chi connectivity index (χ4v) is 5.52. The van der Waals surface area contributed by atoms with Crippen molar-refractivity contribution < 1.29 is 13.9 Å². The molecule has 0 saturated carbocycles. The number of anilines is 1. The van der Waals surface area contributed by atoms with Crippen LogP contribution in [0.1, 0.15) is 45.2 Å². The Balaban J connectivity index is 1.52. The van der Waals surface area contributed by atoms with Gasteiger partial charge in [-0.1, -0.05) is 60.7 Å². The van der Waals surface area contributed by atoms with Crippen LogP contribution in [-0.2, 0) is 24.4 Å². The topological polar surface area (TPSA) is 88.8 Å². The Kier molecular flexibility index (Phi) is 8.57. The van der Waals surface area contributed by atoms with Crippen LogP contribution in [0, 0.1) is 5.82 Å². The van der Waals surface area contributed by atoms with Crippen molar-refractivity contribution in [2.24, 2.45) is 0 Å². The van der Waals surface area contributed by atoms with Crippen LogP contribution >= 0.6 is 0 Å². The molecule has 1 amide bonds. The number of hydrogen-bond donors (Lipinski definition) is 1. The second-order valence-electron chi connectivity index (χ2n) is 11.8. The first-order chi connectivity index (χ1) is 20.5. The Morgan fingerprint density at radius 3 is 2.16 bits per heavy atom. The lowest BCUT2D eigenvalue weighted by atomic mass is 10.2. The zero-order valence-electron chi connectivity index (χ0n) is 25.0. The Morgan fingerprint density at radius 1 is 1.00 bits per heavy atom. The molecular formula is C33H38FN5O4. The van der Waals surface area contributed by atoms with E-state index in [-0.39, 0.29) is 23.7 Å². The van der Waals surface area contributed by atoms with Crippen LogP contribution in [0.4, 0.5) is 14.9 Å². The molecule has 1 aliphatic rings. The molecule has 1 N–H and O–H groups in total. The number of carbonyl (C=O) groups is 1. The van der Waals surface area contributed by atoms with E-state index in [2.05, 4.69) is 5.32 Å². The van der Waals surface area contributed by atoms with Crippen LogP contribution in [0.5, 0.6) is 0 Å². The molecule has 9 nitrogen and oxygen atoms in total. The highest BCUT2D eigenvalue weighted by Gasteiger charge is 2.29. The summed E-state index contributed by atoms with van der Waals surface area (Å²) in [7, 11) is 0. The van der Waals surface area contributed by atoms with E-state index >= 15 is 4.39 Å². The van der Waals surface area contributed by atoms with Gasteiger partial charge in [-0.3, -0.25) is 14.4 Å². The van der Waals surface area contributed by atoms with E-state index in [1.807, 2.05) is 72.5 Å². The molecule has 1 fully saturated rings. The quantitative estimate of drug-likeness (QED) is 0.320. The maximum Gasteiger partial charge on any atom is 0.407 e. The van der Waals surface area contributed by atoms with Crippen LogP contribution in [0.2, 0.25) is 0 Å². The van der Waals surface area contributed by atoms with Gasteiger partial charge in [-0.05, 0) is 57.4 Å². The third-order valence-electron chi connectivity index (χ3n) is 7.46. The maximum absolute atomic E-state index is 15.7.